The average Bonchev–Trinajstić information content (AvgIpc) is 2.68. The summed E-state index contributed by atoms with van der Waals surface area (Å²) in [6.45, 7) is 0.409. The van der Waals surface area contributed by atoms with E-state index in [1.165, 1.54) is 0 Å². The van der Waals surface area contributed by atoms with Crippen molar-refractivity contribution in [2.24, 2.45) is 5.73 Å². The monoisotopic (exact) mass is 397 g/mol. The Morgan fingerprint density at radius 3 is 2.67 bits per heavy atom. The zero-order valence-electron chi connectivity index (χ0n) is 14.8. The Bertz CT molecular complexity index is 992. The lowest BCUT2D eigenvalue weighted by Gasteiger charge is -2.10. The molecule has 0 aliphatic rings. The number of pyridine rings is 1. The van der Waals surface area contributed by atoms with E-state index < -0.39 is 5.91 Å². The summed E-state index contributed by atoms with van der Waals surface area (Å²) in [5.74, 6) is -0.624. The molecule has 27 heavy (non-hydrogen) atoms. The summed E-state index contributed by atoms with van der Waals surface area (Å²) in [4.78, 5) is 29.7. The molecule has 2 aromatic carbocycles. The van der Waals surface area contributed by atoms with Gasteiger partial charge in [-0.15, -0.1) is 0 Å². The summed E-state index contributed by atoms with van der Waals surface area (Å²) < 4.78 is 0. The van der Waals surface area contributed by atoms with Crippen molar-refractivity contribution in [1.29, 1.82) is 0 Å². The minimum atomic E-state index is -0.462. The Balaban J connectivity index is 1.76. The smallest absolute Gasteiger partial charge is 0.252 e. The number of nitrogens with one attached hydrogen (secondary N) is 1. The van der Waals surface area contributed by atoms with Crippen molar-refractivity contribution in [2.75, 3.05) is 12.8 Å². The largest absolute Gasteiger partial charge is 0.366 e. The number of hydrogen-bond acceptors (Lipinski definition) is 5. The molecule has 0 aliphatic carbocycles. The van der Waals surface area contributed by atoms with Crippen LogP contribution in [0.2, 0.25) is 0 Å². The highest BCUT2D eigenvalue weighted by Gasteiger charge is 2.13. The van der Waals surface area contributed by atoms with Crippen molar-refractivity contribution in [3.8, 4) is 0 Å². The number of fused-ring (bicyclic) bond motifs is 1. The molecule has 0 fully saturated rings. The maximum atomic E-state index is 12.7. The molecule has 0 bridgehead atoms. The maximum absolute atomic E-state index is 12.7. The number of para-hydroxylation sites is 1. The number of aromatic nitrogens is 1. The number of amides is 2. The van der Waals surface area contributed by atoms with Crippen molar-refractivity contribution < 1.29 is 9.59 Å². The fourth-order valence-electron chi connectivity index (χ4n) is 2.89. The first-order valence-electron chi connectivity index (χ1n) is 8.36. The molecule has 0 spiro atoms. The van der Waals surface area contributed by atoms with Gasteiger partial charge in [0.15, 0.2) is 0 Å². The molecule has 0 saturated carbocycles. The van der Waals surface area contributed by atoms with Crippen LogP contribution in [0.3, 0.4) is 0 Å². The van der Waals surface area contributed by atoms with E-state index in [9.17, 15) is 9.59 Å². The van der Waals surface area contributed by atoms with E-state index in [1.54, 1.807) is 46.0 Å². The first-order chi connectivity index (χ1) is 13.1. The molecule has 5 nitrogen and oxygen atoms in total. The molecular weight excluding hydrogens is 378 g/mol. The summed E-state index contributed by atoms with van der Waals surface area (Å²) in [5.41, 5.74) is 8.12. The van der Waals surface area contributed by atoms with Gasteiger partial charge in [0.1, 0.15) is 0 Å². The van der Waals surface area contributed by atoms with E-state index >= 15 is 0 Å². The number of carbonyl (C=O) groups is 2. The molecule has 1 heterocycles. The van der Waals surface area contributed by atoms with Crippen LogP contribution in [0, 0.1) is 0 Å². The molecule has 0 unspecified atom stereocenters. The second-order valence-electron chi connectivity index (χ2n) is 5.79. The van der Waals surface area contributed by atoms with Gasteiger partial charge in [0.05, 0.1) is 11.1 Å². The standard InChI is InChI=1S/C20H19N3O2S2/c1-26-27-17-8-4-7-15-16(10-12-22-18(15)17)20(25)23-11-9-13-5-2-3-6-14(13)19(21)24/h2-8,10,12H,9,11H2,1H3,(H2,21,24)(H,23,25). The number of benzene rings is 2. The van der Waals surface area contributed by atoms with Crippen molar-refractivity contribution >= 4 is 44.3 Å². The molecule has 2 amide bonds. The van der Waals surface area contributed by atoms with Gasteiger partial charge < -0.3 is 11.1 Å². The van der Waals surface area contributed by atoms with Crippen LogP contribution < -0.4 is 11.1 Å². The number of nitrogens with zero attached hydrogens (tertiary/aromatic N) is 1. The first kappa shape index (κ1) is 19.3. The van der Waals surface area contributed by atoms with Gasteiger partial charge in [-0.25, -0.2) is 0 Å². The molecule has 138 valence electrons. The Hall–Kier alpha value is -2.51. The molecule has 0 radical (unpaired) electrons. The van der Waals surface area contributed by atoms with Crippen molar-refractivity contribution in [1.82, 2.24) is 10.3 Å². The Morgan fingerprint density at radius 2 is 1.89 bits per heavy atom. The zero-order chi connectivity index (χ0) is 19.2. The highest BCUT2D eigenvalue weighted by atomic mass is 33.1. The van der Waals surface area contributed by atoms with Gasteiger partial charge in [-0.3, -0.25) is 14.6 Å². The molecule has 3 N–H and O–H groups in total. The topological polar surface area (TPSA) is 85.1 Å². The minimum Gasteiger partial charge on any atom is -0.366 e. The Morgan fingerprint density at radius 1 is 1.07 bits per heavy atom. The summed E-state index contributed by atoms with van der Waals surface area (Å²) in [6, 6.07) is 14.7. The van der Waals surface area contributed by atoms with Gasteiger partial charge in [-0.1, -0.05) is 51.9 Å². The number of hydrogen-bond donors (Lipinski definition) is 2. The fraction of sp³-hybridized carbons (Fsp3) is 0.150. The third-order valence-corrected chi connectivity index (χ3v) is 5.83. The van der Waals surface area contributed by atoms with Crippen LogP contribution in [0.15, 0.2) is 59.6 Å². The summed E-state index contributed by atoms with van der Waals surface area (Å²) >= 11 is 0. The lowest BCUT2D eigenvalue weighted by Crippen LogP contribution is -2.26. The van der Waals surface area contributed by atoms with E-state index in [0.717, 1.165) is 21.4 Å². The summed E-state index contributed by atoms with van der Waals surface area (Å²) in [7, 11) is 3.26. The van der Waals surface area contributed by atoms with Crippen molar-refractivity contribution in [3.63, 3.8) is 0 Å². The second kappa shape index (κ2) is 8.92. The van der Waals surface area contributed by atoms with E-state index in [1.807, 2.05) is 36.6 Å². The average molecular weight is 398 g/mol. The van der Waals surface area contributed by atoms with Crippen molar-refractivity contribution in [2.45, 2.75) is 11.3 Å². The minimum absolute atomic E-state index is 0.162. The first-order valence-corrected chi connectivity index (χ1v) is 10.9. The van der Waals surface area contributed by atoms with E-state index in [4.69, 9.17) is 5.73 Å². The van der Waals surface area contributed by atoms with Gasteiger partial charge in [0.25, 0.3) is 5.91 Å². The molecule has 0 atom stereocenters. The van der Waals surface area contributed by atoms with Gasteiger partial charge >= 0.3 is 0 Å². The molecule has 0 saturated heterocycles. The molecule has 1 aromatic heterocycles. The lowest BCUT2D eigenvalue weighted by atomic mass is 10.0. The number of carbonyl (C=O) groups excluding carboxylic acids is 2. The molecule has 3 aromatic rings. The quantitative estimate of drug-likeness (QED) is 0.594. The molecule has 3 rings (SSSR count). The van der Waals surface area contributed by atoms with Crippen LogP contribution in [-0.2, 0) is 6.42 Å². The van der Waals surface area contributed by atoms with Gasteiger partial charge in [-0.2, -0.15) is 0 Å². The SMILES string of the molecule is CSSc1cccc2c(C(=O)NCCc3ccccc3C(N)=O)ccnc12. The predicted octanol–water partition coefficient (Wildman–Crippen LogP) is 3.68. The third kappa shape index (κ3) is 4.43. The van der Waals surface area contributed by atoms with Gasteiger partial charge in [0.2, 0.25) is 5.91 Å². The normalized spacial score (nSPS) is 10.7. The molecule has 7 heteroatoms. The Kier molecular flexibility index (Phi) is 6.36. The van der Waals surface area contributed by atoms with Crippen LogP contribution in [0.4, 0.5) is 0 Å². The number of primary amides is 1. The van der Waals surface area contributed by atoms with Gasteiger partial charge in [-0.05, 0) is 36.4 Å². The lowest BCUT2D eigenvalue weighted by molar-refractivity contribution is 0.0955. The van der Waals surface area contributed by atoms with Crippen LogP contribution >= 0.6 is 21.6 Å². The summed E-state index contributed by atoms with van der Waals surface area (Å²) in [5, 5.41) is 3.75. The van der Waals surface area contributed by atoms with Gasteiger partial charge in [0, 0.05) is 28.6 Å². The maximum Gasteiger partial charge on any atom is 0.252 e. The van der Waals surface area contributed by atoms with E-state index in [-0.39, 0.29) is 5.91 Å². The Labute approximate surface area is 165 Å². The zero-order valence-corrected chi connectivity index (χ0v) is 16.4. The summed E-state index contributed by atoms with van der Waals surface area (Å²) in [6.07, 6.45) is 4.19. The number of rotatable bonds is 7. The van der Waals surface area contributed by atoms with Crippen LogP contribution in [-0.4, -0.2) is 29.6 Å². The van der Waals surface area contributed by atoms with Crippen LogP contribution in [0.25, 0.3) is 10.9 Å². The molecular formula is C20H19N3O2S2. The third-order valence-electron chi connectivity index (χ3n) is 4.11. The highest BCUT2D eigenvalue weighted by molar-refractivity contribution is 8.76. The van der Waals surface area contributed by atoms with Crippen LogP contribution in [0.1, 0.15) is 26.3 Å². The van der Waals surface area contributed by atoms with Crippen molar-refractivity contribution in [3.05, 3.63) is 71.4 Å². The molecule has 0 aliphatic heterocycles. The fourth-order valence-corrected chi connectivity index (χ4v) is 4.39. The van der Waals surface area contributed by atoms with E-state index in [0.29, 0.717) is 24.1 Å². The number of nitrogens with two attached hydrogens (primary N) is 1. The highest BCUT2D eigenvalue weighted by Crippen LogP contribution is 2.34. The second-order valence-corrected chi connectivity index (χ2v) is 8.23. The van der Waals surface area contributed by atoms with E-state index in [2.05, 4.69) is 10.3 Å². The predicted molar refractivity (Wildman–Crippen MR) is 112 cm³/mol. The van der Waals surface area contributed by atoms with Crippen LogP contribution in [0.5, 0.6) is 0 Å².